The largest absolute Gasteiger partial charge is 0.497 e. The molecule has 34 heavy (non-hydrogen) atoms. The van der Waals surface area contributed by atoms with E-state index in [1.165, 1.54) is 19.2 Å². The molecule has 0 saturated carbocycles. The first-order valence-corrected chi connectivity index (χ1v) is 12.0. The number of hydrogen-bond donors (Lipinski definition) is 3. The van der Waals surface area contributed by atoms with Crippen LogP contribution in [0.5, 0.6) is 5.75 Å². The Balaban J connectivity index is 1.71. The number of carbonyl (C=O) groups excluding carboxylic acids is 1. The van der Waals surface area contributed by atoms with Gasteiger partial charge in [-0.2, -0.15) is 0 Å². The third kappa shape index (κ3) is 5.36. The monoisotopic (exact) mass is 497 g/mol. The van der Waals surface area contributed by atoms with Gasteiger partial charge in [0.1, 0.15) is 5.75 Å². The van der Waals surface area contributed by atoms with Gasteiger partial charge in [-0.25, -0.2) is 18.4 Å². The Bertz CT molecular complexity index is 1490. The smallest absolute Gasteiger partial charge is 0.248 e. The first-order valence-electron chi connectivity index (χ1n) is 10.0. The molecule has 4 N–H and O–H groups in total. The van der Waals surface area contributed by atoms with Crippen molar-refractivity contribution >= 4 is 55.9 Å². The van der Waals surface area contributed by atoms with Crippen molar-refractivity contribution in [1.29, 1.82) is 0 Å². The van der Waals surface area contributed by atoms with Crippen LogP contribution in [0, 0.1) is 0 Å². The zero-order valence-corrected chi connectivity index (χ0v) is 19.5. The predicted octanol–water partition coefficient (Wildman–Crippen LogP) is 4.08. The summed E-state index contributed by atoms with van der Waals surface area (Å²) in [5.74, 6) is -0.347. The lowest BCUT2D eigenvalue weighted by Crippen LogP contribution is -2.18. The molecule has 4 rings (SSSR count). The number of rotatable bonds is 8. The van der Waals surface area contributed by atoms with Gasteiger partial charge in [0.05, 0.1) is 34.6 Å². The van der Waals surface area contributed by atoms with E-state index in [1.54, 1.807) is 54.6 Å². The number of nitrogens with one attached hydrogen (secondary N) is 2. The van der Waals surface area contributed by atoms with Gasteiger partial charge in [0.2, 0.25) is 15.9 Å². The second kappa shape index (κ2) is 9.54. The van der Waals surface area contributed by atoms with E-state index in [4.69, 9.17) is 22.1 Å². The zero-order valence-electron chi connectivity index (χ0n) is 17.9. The second-order valence-electron chi connectivity index (χ2n) is 7.31. The number of ether oxygens (including phenoxy) is 1. The molecular formula is C23H20ClN5O4S. The minimum Gasteiger partial charge on any atom is -0.497 e. The molecule has 1 amide bonds. The number of para-hydroxylation sites is 2. The van der Waals surface area contributed by atoms with Gasteiger partial charge in [0, 0.05) is 11.6 Å². The molecular weight excluding hydrogens is 478 g/mol. The third-order valence-electron chi connectivity index (χ3n) is 4.82. The normalized spacial score (nSPS) is 11.2. The lowest BCUT2D eigenvalue weighted by atomic mass is 10.1. The summed E-state index contributed by atoms with van der Waals surface area (Å²) in [6.45, 7) is 0. The first kappa shape index (κ1) is 23.3. The second-order valence-corrected chi connectivity index (χ2v) is 9.44. The molecule has 0 unspecified atom stereocenters. The topological polar surface area (TPSA) is 136 Å². The van der Waals surface area contributed by atoms with Crippen LogP contribution < -0.4 is 20.5 Å². The van der Waals surface area contributed by atoms with E-state index in [2.05, 4.69) is 20.0 Å². The van der Waals surface area contributed by atoms with Crippen molar-refractivity contribution in [3.8, 4) is 5.75 Å². The van der Waals surface area contributed by atoms with Gasteiger partial charge in [-0.05, 0) is 42.0 Å². The number of nitrogens with two attached hydrogens (primary N) is 1. The molecule has 0 spiro atoms. The Morgan fingerprint density at radius 1 is 1.00 bits per heavy atom. The van der Waals surface area contributed by atoms with Gasteiger partial charge in [0.25, 0.3) is 0 Å². The van der Waals surface area contributed by atoms with Crippen LogP contribution in [0.3, 0.4) is 0 Å². The number of hydrogen-bond acceptors (Lipinski definition) is 7. The number of sulfonamides is 1. The molecule has 0 aliphatic heterocycles. The minimum absolute atomic E-state index is 0.0105. The maximum atomic E-state index is 13.0. The van der Waals surface area contributed by atoms with Gasteiger partial charge in [-0.1, -0.05) is 35.9 Å². The van der Waals surface area contributed by atoms with E-state index in [1.807, 2.05) is 0 Å². The number of carbonyl (C=O) groups is 1. The molecule has 0 aliphatic rings. The van der Waals surface area contributed by atoms with Crippen molar-refractivity contribution in [2.45, 2.75) is 5.75 Å². The quantitative estimate of drug-likeness (QED) is 0.333. The maximum Gasteiger partial charge on any atom is 0.248 e. The van der Waals surface area contributed by atoms with Gasteiger partial charge < -0.3 is 15.8 Å². The van der Waals surface area contributed by atoms with Crippen LogP contribution in [-0.2, 0) is 15.8 Å². The maximum absolute atomic E-state index is 13.0. The van der Waals surface area contributed by atoms with Crippen LogP contribution in [0.1, 0.15) is 15.9 Å². The van der Waals surface area contributed by atoms with Gasteiger partial charge >= 0.3 is 0 Å². The summed E-state index contributed by atoms with van der Waals surface area (Å²) in [6, 6.07) is 18.2. The molecule has 0 fully saturated rings. The lowest BCUT2D eigenvalue weighted by molar-refractivity contribution is 0.1000. The molecule has 0 saturated heterocycles. The average Bonchev–Trinajstić information content (AvgIpc) is 2.80. The van der Waals surface area contributed by atoms with Gasteiger partial charge in [-0.3, -0.25) is 9.52 Å². The fraction of sp³-hybridized carbons (Fsp3) is 0.0870. The molecule has 1 heterocycles. The molecule has 9 nitrogen and oxygen atoms in total. The van der Waals surface area contributed by atoms with E-state index >= 15 is 0 Å². The van der Waals surface area contributed by atoms with E-state index in [-0.39, 0.29) is 17.2 Å². The molecule has 4 aromatic rings. The van der Waals surface area contributed by atoms with Gasteiger partial charge in [-0.15, -0.1) is 0 Å². The number of amides is 1. The predicted molar refractivity (Wildman–Crippen MR) is 132 cm³/mol. The highest BCUT2D eigenvalue weighted by Gasteiger charge is 2.19. The Hall–Kier alpha value is -3.89. The fourth-order valence-electron chi connectivity index (χ4n) is 3.23. The van der Waals surface area contributed by atoms with Crippen LogP contribution in [0.25, 0.3) is 11.0 Å². The average molecular weight is 498 g/mol. The van der Waals surface area contributed by atoms with E-state index in [9.17, 15) is 13.2 Å². The number of methoxy groups -OCH3 is 1. The van der Waals surface area contributed by atoms with Crippen LogP contribution >= 0.6 is 11.6 Å². The van der Waals surface area contributed by atoms with E-state index in [0.29, 0.717) is 33.1 Å². The molecule has 174 valence electrons. The highest BCUT2D eigenvalue weighted by Crippen LogP contribution is 2.32. The third-order valence-corrected chi connectivity index (χ3v) is 6.36. The SMILES string of the molecule is COc1ccc(Cl)c(Nc2nc3ccccc3nc2NS(=O)(=O)Cc2cccc(C(N)=O)c2)c1. The number of anilines is 3. The Kier molecular flexibility index (Phi) is 6.53. The molecule has 1 aromatic heterocycles. The molecule has 3 aromatic carbocycles. The van der Waals surface area contributed by atoms with Crippen LogP contribution in [0.2, 0.25) is 5.02 Å². The van der Waals surface area contributed by atoms with Crippen molar-refractivity contribution in [3.05, 3.63) is 82.9 Å². The number of nitrogens with zero attached hydrogens (tertiary/aromatic N) is 2. The Morgan fingerprint density at radius 2 is 1.71 bits per heavy atom. The van der Waals surface area contributed by atoms with Crippen molar-refractivity contribution in [3.63, 3.8) is 0 Å². The van der Waals surface area contributed by atoms with Crippen LogP contribution in [0.15, 0.2) is 66.7 Å². The zero-order chi connectivity index (χ0) is 24.3. The Labute approximate surface area is 201 Å². The summed E-state index contributed by atoms with van der Waals surface area (Å²) in [5.41, 5.74) is 7.42. The highest BCUT2D eigenvalue weighted by atomic mass is 35.5. The molecule has 0 bridgehead atoms. The lowest BCUT2D eigenvalue weighted by Gasteiger charge is -2.15. The first-order chi connectivity index (χ1) is 16.2. The van der Waals surface area contributed by atoms with Crippen molar-refractivity contribution in [1.82, 2.24) is 9.97 Å². The van der Waals surface area contributed by atoms with Crippen molar-refractivity contribution in [2.24, 2.45) is 5.73 Å². The number of benzene rings is 3. The van der Waals surface area contributed by atoms with Gasteiger partial charge in [0.15, 0.2) is 11.6 Å². The summed E-state index contributed by atoms with van der Waals surface area (Å²) in [7, 11) is -2.42. The highest BCUT2D eigenvalue weighted by molar-refractivity contribution is 7.91. The molecule has 0 radical (unpaired) electrons. The molecule has 0 aliphatic carbocycles. The van der Waals surface area contributed by atoms with Crippen LogP contribution in [-0.4, -0.2) is 31.4 Å². The summed E-state index contributed by atoms with van der Waals surface area (Å²) < 4.78 is 33.7. The van der Waals surface area contributed by atoms with Crippen molar-refractivity contribution in [2.75, 3.05) is 17.1 Å². The summed E-state index contributed by atoms with van der Waals surface area (Å²) >= 11 is 6.31. The number of halogens is 1. The van der Waals surface area contributed by atoms with E-state index < -0.39 is 21.7 Å². The number of fused-ring (bicyclic) bond motifs is 1. The Morgan fingerprint density at radius 3 is 2.38 bits per heavy atom. The minimum atomic E-state index is -3.94. The fourth-order valence-corrected chi connectivity index (χ4v) is 4.52. The molecule has 11 heteroatoms. The van der Waals surface area contributed by atoms with Crippen LogP contribution in [0.4, 0.5) is 17.3 Å². The number of aromatic nitrogens is 2. The summed E-state index contributed by atoms with van der Waals surface area (Å²) in [5, 5.41) is 3.43. The summed E-state index contributed by atoms with van der Waals surface area (Å²) in [6.07, 6.45) is 0. The van der Waals surface area contributed by atoms with E-state index in [0.717, 1.165) is 0 Å². The summed E-state index contributed by atoms with van der Waals surface area (Å²) in [4.78, 5) is 20.4. The number of primary amides is 1. The van der Waals surface area contributed by atoms with Crippen molar-refractivity contribution < 1.29 is 17.9 Å². The standard InChI is InChI=1S/C23H20ClN5O4S/c1-33-16-9-10-17(24)20(12-16)28-22-23(27-19-8-3-2-7-18(19)26-22)29-34(31,32)13-14-5-4-6-15(11-14)21(25)30/h2-12H,13H2,1H3,(H2,25,30)(H,26,28)(H,27,29). The molecule has 0 atom stereocenters.